The molecule has 0 aliphatic carbocycles. The minimum absolute atomic E-state index is 0.0324. The Labute approximate surface area is 299 Å². The lowest BCUT2D eigenvalue weighted by Gasteiger charge is -2.12. The molecule has 51 heavy (non-hydrogen) atoms. The second kappa shape index (κ2) is 10.7. The Hall–Kier alpha value is -7.05. The van der Waals surface area contributed by atoms with Gasteiger partial charge in [-0.2, -0.15) is 9.97 Å². The van der Waals surface area contributed by atoms with Crippen LogP contribution in [0.15, 0.2) is 168 Å². The first-order valence-corrected chi connectivity index (χ1v) is 16.5. The minimum atomic E-state index is -0.169. The predicted molar refractivity (Wildman–Crippen MR) is 207 cm³/mol. The Morgan fingerprint density at radius 3 is 1.75 bits per heavy atom. The fourth-order valence-electron chi connectivity index (χ4n) is 7.28. The van der Waals surface area contributed by atoms with Crippen LogP contribution in [-0.4, -0.2) is 24.1 Å². The second-order valence-corrected chi connectivity index (χ2v) is 12.4. The van der Waals surface area contributed by atoms with Crippen LogP contribution < -0.4 is 0 Å². The van der Waals surface area contributed by atoms with E-state index in [9.17, 15) is 0 Å². The Balaban J connectivity index is 1.18. The third kappa shape index (κ3) is 4.20. The highest BCUT2D eigenvalue weighted by molar-refractivity contribution is 6.10. The maximum Gasteiger partial charge on any atom is 0.238 e. The van der Waals surface area contributed by atoms with Crippen molar-refractivity contribution in [2.75, 3.05) is 0 Å². The van der Waals surface area contributed by atoms with Gasteiger partial charge in [-0.1, -0.05) is 109 Å². The number of aromatic nitrogens is 5. The molecule has 11 aromatic rings. The van der Waals surface area contributed by atoms with Gasteiger partial charge in [-0.3, -0.25) is 4.57 Å². The summed E-state index contributed by atoms with van der Waals surface area (Å²) < 4.78 is 62.3. The molecule has 0 aliphatic heterocycles. The maximum absolute atomic E-state index is 8.96. The molecule has 0 spiro atoms. The van der Waals surface area contributed by atoms with E-state index in [-0.39, 0.29) is 58.1 Å². The van der Waals surface area contributed by atoms with Crippen LogP contribution >= 0.6 is 0 Å². The third-order valence-electron chi connectivity index (χ3n) is 9.53. The molecule has 11 rings (SSSR count). The molecule has 0 saturated carbocycles. The number of hydrogen-bond acceptors (Lipinski definition) is 4. The molecule has 4 aromatic heterocycles. The molecule has 0 fully saturated rings. The molecule has 0 atom stereocenters. The summed E-state index contributed by atoms with van der Waals surface area (Å²) in [4.78, 5) is 15.3. The Morgan fingerprint density at radius 2 is 1.04 bits per heavy atom. The van der Waals surface area contributed by atoms with E-state index in [1.807, 2.05) is 108 Å². The third-order valence-corrected chi connectivity index (χ3v) is 9.53. The zero-order chi connectivity index (χ0) is 38.7. The molecular weight excluding hydrogens is 627 g/mol. The summed E-state index contributed by atoms with van der Waals surface area (Å²) in [6.45, 7) is 0. The predicted octanol–water partition coefficient (Wildman–Crippen LogP) is 11.3. The average Bonchev–Trinajstić information content (AvgIpc) is 3.90. The summed E-state index contributed by atoms with van der Waals surface area (Å²) in [7, 11) is 0. The van der Waals surface area contributed by atoms with E-state index in [4.69, 9.17) is 27.6 Å². The number of hydrogen-bond donors (Lipinski definition) is 0. The first-order chi connectivity index (χ1) is 27.7. The molecule has 0 saturated heterocycles. The lowest BCUT2D eigenvalue weighted by atomic mass is 10.1. The molecule has 6 nitrogen and oxygen atoms in total. The van der Waals surface area contributed by atoms with Crippen molar-refractivity contribution in [1.29, 1.82) is 0 Å². The topological polar surface area (TPSA) is 61.7 Å². The molecule has 238 valence electrons. The Kier molecular flexibility index (Phi) is 4.74. The molecule has 0 N–H and O–H groups in total. The number of furan rings is 1. The standard InChI is InChI=1S/C45H27N5O/c1-6-19-37-31(14-1)32-15-2-7-20-38(32)49(37)30-13-11-12-28(26-30)43-46-44(29-24-25-36-35-18-5-10-23-41(35)51-42(36)27-29)48-45(47-43)50-39-21-8-3-16-33(39)34-17-4-9-22-40(34)50/h1-27H/i1D,2D,14D,15D,19D,20D. The summed E-state index contributed by atoms with van der Waals surface area (Å²) in [6, 6.07) is 39.4. The molecule has 6 heteroatoms. The average molecular weight is 660 g/mol. The summed E-state index contributed by atoms with van der Waals surface area (Å²) >= 11 is 0. The van der Waals surface area contributed by atoms with Gasteiger partial charge in [0.15, 0.2) is 11.6 Å². The van der Waals surface area contributed by atoms with E-state index in [1.54, 1.807) is 4.57 Å². The van der Waals surface area contributed by atoms with E-state index in [0.29, 0.717) is 34.4 Å². The highest BCUT2D eigenvalue weighted by Gasteiger charge is 2.19. The van der Waals surface area contributed by atoms with Gasteiger partial charge < -0.3 is 8.98 Å². The molecular formula is C45H27N5O. The van der Waals surface area contributed by atoms with Gasteiger partial charge in [-0.05, 0) is 54.5 Å². The zero-order valence-electron chi connectivity index (χ0n) is 32.8. The lowest BCUT2D eigenvalue weighted by Crippen LogP contribution is -2.06. The fraction of sp³-hybridized carbons (Fsp3) is 0. The summed E-state index contributed by atoms with van der Waals surface area (Å²) in [5.74, 6) is 1.20. The van der Waals surface area contributed by atoms with Crippen LogP contribution in [0.5, 0.6) is 0 Å². The summed E-state index contributed by atoms with van der Waals surface area (Å²) in [6.07, 6.45) is 0. The molecule has 0 bridgehead atoms. The molecule has 0 aliphatic rings. The highest BCUT2D eigenvalue weighted by Crippen LogP contribution is 2.36. The zero-order valence-corrected chi connectivity index (χ0v) is 26.8. The molecule has 0 unspecified atom stereocenters. The number of benzene rings is 7. The highest BCUT2D eigenvalue weighted by atomic mass is 16.3. The quantitative estimate of drug-likeness (QED) is 0.189. The van der Waals surface area contributed by atoms with Crippen LogP contribution in [-0.2, 0) is 0 Å². The Morgan fingerprint density at radius 1 is 0.431 bits per heavy atom. The van der Waals surface area contributed by atoms with Crippen LogP contribution in [0.2, 0.25) is 0 Å². The van der Waals surface area contributed by atoms with Gasteiger partial charge in [0.2, 0.25) is 5.95 Å². The van der Waals surface area contributed by atoms with Crippen LogP contribution in [0.4, 0.5) is 0 Å². The van der Waals surface area contributed by atoms with Gasteiger partial charge in [0.05, 0.1) is 30.3 Å². The van der Waals surface area contributed by atoms with Crippen molar-refractivity contribution in [3.05, 3.63) is 164 Å². The monoisotopic (exact) mass is 659 g/mol. The maximum atomic E-state index is 8.96. The van der Waals surface area contributed by atoms with Crippen molar-refractivity contribution in [3.63, 3.8) is 0 Å². The van der Waals surface area contributed by atoms with Crippen molar-refractivity contribution < 1.29 is 12.6 Å². The van der Waals surface area contributed by atoms with Crippen molar-refractivity contribution in [2.24, 2.45) is 0 Å². The van der Waals surface area contributed by atoms with Gasteiger partial charge in [0.1, 0.15) is 11.2 Å². The van der Waals surface area contributed by atoms with E-state index in [2.05, 4.69) is 12.1 Å². The Bertz CT molecular complexity index is 3390. The molecule has 0 amide bonds. The largest absolute Gasteiger partial charge is 0.456 e. The molecule has 0 radical (unpaired) electrons. The van der Waals surface area contributed by atoms with E-state index in [1.165, 1.54) is 12.1 Å². The molecule has 4 heterocycles. The smallest absolute Gasteiger partial charge is 0.238 e. The van der Waals surface area contributed by atoms with Crippen molar-refractivity contribution in [2.45, 2.75) is 0 Å². The number of nitrogens with zero attached hydrogens (tertiary/aromatic N) is 5. The van der Waals surface area contributed by atoms with Gasteiger partial charge in [-0.25, -0.2) is 4.98 Å². The van der Waals surface area contributed by atoms with Crippen molar-refractivity contribution >= 4 is 65.6 Å². The molecule has 7 aromatic carbocycles. The number of para-hydroxylation sites is 5. The van der Waals surface area contributed by atoms with E-state index >= 15 is 0 Å². The van der Waals surface area contributed by atoms with Gasteiger partial charge in [0.25, 0.3) is 0 Å². The van der Waals surface area contributed by atoms with Gasteiger partial charge in [0, 0.05) is 49.1 Å². The number of fused-ring (bicyclic) bond motifs is 9. The number of rotatable bonds is 4. The van der Waals surface area contributed by atoms with Gasteiger partial charge >= 0.3 is 0 Å². The van der Waals surface area contributed by atoms with Gasteiger partial charge in [-0.15, -0.1) is 0 Å². The normalized spacial score (nSPS) is 13.6. The SMILES string of the molecule is [2H]c1cc([2H])c2c(c1[2H])c1c([2H])c([2H])cc([2H])c1n2-c1cccc(-c2nc(-c3ccc4c(c3)oc3ccccc34)nc(-n3c4ccccc4c4ccccc43)n2)c1. The fourth-order valence-corrected chi connectivity index (χ4v) is 7.28. The first kappa shape index (κ1) is 22.6. The van der Waals surface area contributed by atoms with E-state index < -0.39 is 0 Å². The second-order valence-electron chi connectivity index (χ2n) is 12.4. The van der Waals surface area contributed by atoms with E-state index in [0.717, 1.165) is 43.7 Å². The summed E-state index contributed by atoms with van der Waals surface area (Å²) in [5.41, 5.74) is 5.78. The first-order valence-electron chi connectivity index (χ1n) is 19.5. The van der Waals surface area contributed by atoms with Crippen LogP contribution in [0.1, 0.15) is 8.22 Å². The minimum Gasteiger partial charge on any atom is -0.456 e. The van der Waals surface area contributed by atoms with Crippen LogP contribution in [0, 0.1) is 0 Å². The summed E-state index contributed by atoms with van der Waals surface area (Å²) in [5, 5.41) is 4.49. The van der Waals surface area contributed by atoms with Crippen LogP contribution in [0.25, 0.3) is 100.0 Å². The lowest BCUT2D eigenvalue weighted by molar-refractivity contribution is 0.669. The van der Waals surface area contributed by atoms with Crippen molar-refractivity contribution in [3.8, 4) is 34.4 Å². The van der Waals surface area contributed by atoms with Crippen LogP contribution in [0.3, 0.4) is 0 Å². The van der Waals surface area contributed by atoms with Crippen molar-refractivity contribution in [1.82, 2.24) is 24.1 Å².